The van der Waals surface area contributed by atoms with Gasteiger partial charge in [0, 0.05) is 37.3 Å². The summed E-state index contributed by atoms with van der Waals surface area (Å²) < 4.78 is 0. The molecule has 1 aliphatic heterocycles. The molecule has 3 heteroatoms. The van der Waals surface area contributed by atoms with E-state index < -0.39 is 0 Å². The fourth-order valence-electron chi connectivity index (χ4n) is 3.60. The van der Waals surface area contributed by atoms with Crippen molar-refractivity contribution in [2.24, 2.45) is 0 Å². The Balaban J connectivity index is 2.00. The molecule has 1 saturated carbocycles. The molecule has 0 radical (unpaired) electrons. The summed E-state index contributed by atoms with van der Waals surface area (Å²) in [4.78, 5) is 5.27. The molecule has 0 bridgehead atoms. The lowest BCUT2D eigenvalue weighted by Gasteiger charge is -2.48. The highest BCUT2D eigenvalue weighted by atomic mass is 15.3. The maximum absolute atomic E-state index is 3.54. The summed E-state index contributed by atoms with van der Waals surface area (Å²) in [6.07, 6.45) is 5.56. The molecule has 1 aliphatic carbocycles. The Hall–Kier alpha value is -0.120. The van der Waals surface area contributed by atoms with E-state index in [9.17, 15) is 0 Å². The molecule has 1 heterocycles. The molecule has 0 aromatic rings. The minimum atomic E-state index is 0.693. The van der Waals surface area contributed by atoms with E-state index in [0.717, 1.165) is 6.04 Å². The number of rotatable bonds is 2. The Bertz CT molecular complexity index is 232. The number of hydrogen-bond acceptors (Lipinski definition) is 3. The first-order chi connectivity index (χ1) is 8.13. The van der Waals surface area contributed by atoms with Crippen molar-refractivity contribution in [1.82, 2.24) is 15.1 Å². The molecule has 0 aromatic carbocycles. The van der Waals surface area contributed by atoms with Gasteiger partial charge in [-0.1, -0.05) is 12.8 Å². The molecule has 2 fully saturated rings. The third-order valence-electron chi connectivity index (χ3n) is 4.96. The molecule has 3 nitrogen and oxygen atoms in total. The Morgan fingerprint density at radius 2 is 1.59 bits per heavy atom. The molecular weight excluding hydrogens is 210 g/mol. The molecule has 4 atom stereocenters. The highest BCUT2D eigenvalue weighted by Gasteiger charge is 2.34. The summed E-state index contributed by atoms with van der Waals surface area (Å²) in [5, 5.41) is 3.54. The van der Waals surface area contributed by atoms with E-state index in [-0.39, 0.29) is 0 Å². The molecule has 2 aliphatic rings. The second-order valence-electron chi connectivity index (χ2n) is 6.06. The van der Waals surface area contributed by atoms with Crippen molar-refractivity contribution >= 4 is 0 Å². The smallest absolute Gasteiger partial charge is 0.0250 e. The molecule has 2 rings (SSSR count). The molecule has 100 valence electrons. The quantitative estimate of drug-likeness (QED) is 0.788. The van der Waals surface area contributed by atoms with Crippen molar-refractivity contribution in [3.63, 3.8) is 0 Å². The van der Waals surface area contributed by atoms with E-state index >= 15 is 0 Å². The third kappa shape index (κ3) is 2.83. The summed E-state index contributed by atoms with van der Waals surface area (Å²) in [6.45, 7) is 7.20. The molecule has 0 aromatic heterocycles. The van der Waals surface area contributed by atoms with Gasteiger partial charge in [0.05, 0.1) is 0 Å². The van der Waals surface area contributed by atoms with Gasteiger partial charge < -0.3 is 5.32 Å². The van der Waals surface area contributed by atoms with Crippen molar-refractivity contribution < 1.29 is 0 Å². The maximum Gasteiger partial charge on any atom is 0.0250 e. The number of nitrogens with zero attached hydrogens (tertiary/aromatic N) is 2. The van der Waals surface area contributed by atoms with Crippen LogP contribution in [0.25, 0.3) is 0 Å². The predicted octanol–water partition coefficient (Wildman–Crippen LogP) is 1.54. The minimum absolute atomic E-state index is 0.693. The van der Waals surface area contributed by atoms with Crippen molar-refractivity contribution in [2.75, 3.05) is 27.2 Å². The van der Waals surface area contributed by atoms with Crippen LogP contribution in [0, 0.1) is 0 Å². The highest BCUT2D eigenvalue weighted by molar-refractivity contribution is 4.93. The van der Waals surface area contributed by atoms with Crippen LogP contribution in [0.3, 0.4) is 0 Å². The van der Waals surface area contributed by atoms with Gasteiger partial charge >= 0.3 is 0 Å². The molecule has 4 unspecified atom stereocenters. The van der Waals surface area contributed by atoms with Gasteiger partial charge in [0.1, 0.15) is 0 Å². The van der Waals surface area contributed by atoms with Gasteiger partial charge in [0.25, 0.3) is 0 Å². The van der Waals surface area contributed by atoms with Crippen molar-refractivity contribution in [2.45, 2.75) is 63.7 Å². The summed E-state index contributed by atoms with van der Waals surface area (Å²) in [5.74, 6) is 0. The Morgan fingerprint density at radius 3 is 2.18 bits per heavy atom. The van der Waals surface area contributed by atoms with Gasteiger partial charge in [0.15, 0.2) is 0 Å². The van der Waals surface area contributed by atoms with E-state index in [2.05, 4.69) is 43.1 Å². The topological polar surface area (TPSA) is 18.5 Å². The predicted molar refractivity (Wildman–Crippen MR) is 73.4 cm³/mol. The average molecular weight is 239 g/mol. The van der Waals surface area contributed by atoms with Gasteiger partial charge in [-0.3, -0.25) is 9.80 Å². The van der Waals surface area contributed by atoms with Crippen LogP contribution in [-0.2, 0) is 0 Å². The molecule has 1 saturated heterocycles. The van der Waals surface area contributed by atoms with Gasteiger partial charge in [-0.25, -0.2) is 0 Å². The summed E-state index contributed by atoms with van der Waals surface area (Å²) in [5.41, 5.74) is 0. The average Bonchev–Trinajstić information content (AvgIpc) is 2.35. The van der Waals surface area contributed by atoms with Crippen LogP contribution < -0.4 is 5.32 Å². The zero-order valence-electron chi connectivity index (χ0n) is 11.9. The normalized spacial score (nSPS) is 41.6. The fourth-order valence-corrected chi connectivity index (χ4v) is 3.60. The lowest BCUT2D eigenvalue weighted by atomic mass is 9.88. The van der Waals surface area contributed by atoms with Gasteiger partial charge in [-0.15, -0.1) is 0 Å². The van der Waals surface area contributed by atoms with Gasteiger partial charge in [0.2, 0.25) is 0 Å². The number of nitrogens with one attached hydrogen (secondary N) is 1. The molecule has 0 spiro atoms. The number of piperazine rings is 1. The van der Waals surface area contributed by atoms with Crippen molar-refractivity contribution in [1.29, 1.82) is 0 Å². The number of likely N-dealkylation sites (N-methyl/N-ethyl adjacent to an activating group) is 2. The van der Waals surface area contributed by atoms with Crippen LogP contribution in [0.5, 0.6) is 0 Å². The monoisotopic (exact) mass is 239 g/mol. The first kappa shape index (κ1) is 13.3. The van der Waals surface area contributed by atoms with E-state index in [1.54, 1.807) is 0 Å². The largest absolute Gasteiger partial charge is 0.315 e. The maximum atomic E-state index is 3.54. The summed E-state index contributed by atoms with van der Waals surface area (Å²) in [6, 6.07) is 2.87. The van der Waals surface area contributed by atoms with E-state index in [1.165, 1.54) is 38.8 Å². The van der Waals surface area contributed by atoms with Crippen LogP contribution in [0.4, 0.5) is 0 Å². The first-order valence-corrected chi connectivity index (χ1v) is 7.26. The van der Waals surface area contributed by atoms with Crippen LogP contribution in [0.15, 0.2) is 0 Å². The fraction of sp³-hybridized carbons (Fsp3) is 1.00. The molecule has 0 amide bonds. The third-order valence-corrected chi connectivity index (χ3v) is 4.96. The van der Waals surface area contributed by atoms with Crippen molar-refractivity contribution in [3.05, 3.63) is 0 Å². The SMILES string of the molecule is CNC1CCCCC1N1CC(C)N(C)C(C)C1. The molecule has 1 N–H and O–H groups in total. The van der Waals surface area contributed by atoms with E-state index in [4.69, 9.17) is 0 Å². The van der Waals surface area contributed by atoms with Crippen LogP contribution in [-0.4, -0.2) is 61.2 Å². The van der Waals surface area contributed by atoms with Gasteiger partial charge in [-0.2, -0.15) is 0 Å². The first-order valence-electron chi connectivity index (χ1n) is 7.26. The van der Waals surface area contributed by atoms with E-state index in [1.807, 2.05) is 0 Å². The molecular formula is C14H29N3. The van der Waals surface area contributed by atoms with E-state index in [0.29, 0.717) is 18.1 Å². The Morgan fingerprint density at radius 1 is 1.00 bits per heavy atom. The summed E-state index contributed by atoms with van der Waals surface area (Å²) in [7, 11) is 4.40. The van der Waals surface area contributed by atoms with Crippen LogP contribution in [0.2, 0.25) is 0 Å². The van der Waals surface area contributed by atoms with Crippen LogP contribution in [0.1, 0.15) is 39.5 Å². The second-order valence-corrected chi connectivity index (χ2v) is 6.06. The van der Waals surface area contributed by atoms with Crippen molar-refractivity contribution in [3.8, 4) is 0 Å². The second kappa shape index (κ2) is 5.68. The minimum Gasteiger partial charge on any atom is -0.315 e. The molecule has 17 heavy (non-hydrogen) atoms. The zero-order chi connectivity index (χ0) is 12.4. The Kier molecular flexibility index (Phi) is 4.45. The lowest BCUT2D eigenvalue weighted by Crippen LogP contribution is -2.61. The van der Waals surface area contributed by atoms with Crippen LogP contribution >= 0.6 is 0 Å². The zero-order valence-corrected chi connectivity index (χ0v) is 11.9. The standard InChI is InChI=1S/C14H29N3/c1-11-9-17(10-12(2)16(11)4)14-8-6-5-7-13(14)15-3/h11-15H,5-10H2,1-4H3. The highest BCUT2D eigenvalue weighted by Crippen LogP contribution is 2.26. The van der Waals surface area contributed by atoms with Gasteiger partial charge in [-0.05, 0) is 40.8 Å². The lowest BCUT2D eigenvalue weighted by molar-refractivity contribution is 0.0133. The number of hydrogen-bond donors (Lipinski definition) is 1. The summed E-state index contributed by atoms with van der Waals surface area (Å²) >= 11 is 0. The Labute approximate surface area is 107 Å².